The molecule has 51 heavy (non-hydrogen) atoms. The van der Waals surface area contributed by atoms with E-state index >= 15 is 0 Å². The van der Waals surface area contributed by atoms with Crippen molar-refractivity contribution in [3.05, 3.63) is 116 Å². The van der Waals surface area contributed by atoms with Gasteiger partial charge in [0, 0.05) is 45.4 Å². The predicted octanol–water partition coefficient (Wildman–Crippen LogP) is 1.45. The largest absolute Gasteiger partial charge is 1.00 e. The van der Waals surface area contributed by atoms with Crippen molar-refractivity contribution < 1.29 is 79.2 Å². The van der Waals surface area contributed by atoms with Crippen LogP contribution in [0.4, 0.5) is 11.4 Å². The summed E-state index contributed by atoms with van der Waals surface area (Å²) in [5.74, 6) is 1.95. The van der Waals surface area contributed by atoms with Gasteiger partial charge in [0.15, 0.2) is 0 Å². The minimum absolute atomic E-state index is 0. The molecular formula is C33H35B3N2NaO12. The fourth-order valence-electron chi connectivity index (χ4n) is 4.70. The third-order valence-electron chi connectivity index (χ3n) is 8.04. The number of ether oxygens (including phenoxy) is 2. The van der Waals surface area contributed by atoms with Crippen LogP contribution in [0, 0.1) is 20.2 Å². The summed E-state index contributed by atoms with van der Waals surface area (Å²) in [5.41, 5.74) is 1.55. The molecule has 6 rings (SSSR count). The van der Waals surface area contributed by atoms with Gasteiger partial charge in [-0.1, -0.05) is 6.07 Å². The van der Waals surface area contributed by atoms with Crippen molar-refractivity contribution in [2.24, 2.45) is 0 Å². The van der Waals surface area contributed by atoms with Crippen LogP contribution in [0.25, 0.3) is 0 Å². The number of benzene rings is 4. The molecule has 0 amide bonds. The Labute approximate surface area is 321 Å². The van der Waals surface area contributed by atoms with Crippen LogP contribution >= 0.6 is 0 Å². The second-order valence-electron chi connectivity index (χ2n) is 11.7. The monoisotopic (exact) mass is 707 g/mol. The first kappa shape index (κ1) is 43.1. The van der Waals surface area contributed by atoms with E-state index in [0.29, 0.717) is 46.1 Å². The maximum Gasteiger partial charge on any atom is 1.00 e. The molecule has 259 valence electrons. The fourth-order valence-corrected chi connectivity index (χ4v) is 4.70. The Kier molecular flexibility index (Phi) is 15.6. The molecular weight excluding hydrogens is 672 g/mol. The van der Waals surface area contributed by atoms with E-state index in [-0.39, 0.29) is 50.8 Å². The second kappa shape index (κ2) is 18.4. The van der Waals surface area contributed by atoms with Gasteiger partial charge in [0.2, 0.25) is 0 Å². The molecule has 0 spiro atoms. The number of non-ortho nitro benzene ring substituents is 2. The van der Waals surface area contributed by atoms with Crippen LogP contribution in [-0.2, 0) is 20.6 Å². The van der Waals surface area contributed by atoms with Crippen LogP contribution in [0.15, 0.2) is 84.9 Å². The summed E-state index contributed by atoms with van der Waals surface area (Å²) in [6.07, 6.45) is 0.746. The van der Waals surface area contributed by atoms with Crippen molar-refractivity contribution >= 4 is 51.2 Å². The Bertz CT molecular complexity index is 1800. The van der Waals surface area contributed by atoms with Crippen molar-refractivity contribution in [1.29, 1.82) is 0 Å². The van der Waals surface area contributed by atoms with Gasteiger partial charge in [-0.05, 0) is 98.8 Å². The smallest absolute Gasteiger partial charge is 1.00 e. The molecule has 4 aromatic rings. The molecule has 3 radical (unpaired) electrons. The van der Waals surface area contributed by atoms with Crippen LogP contribution in [0.3, 0.4) is 0 Å². The van der Waals surface area contributed by atoms with Crippen molar-refractivity contribution in [3.63, 3.8) is 0 Å². The number of nitro benzene ring substituents is 2. The molecule has 0 atom stereocenters. The molecule has 14 nitrogen and oxygen atoms in total. The Morgan fingerprint density at radius 1 is 0.745 bits per heavy atom. The van der Waals surface area contributed by atoms with Crippen LogP contribution in [0.1, 0.15) is 45.0 Å². The molecule has 18 heteroatoms. The molecule has 2 aliphatic rings. The number of aliphatic hydroxyl groups is 1. The Morgan fingerprint density at radius 2 is 1.16 bits per heavy atom. The summed E-state index contributed by atoms with van der Waals surface area (Å²) in [7, 11) is -0.624. The number of aliphatic hydroxyl groups excluding tert-OH is 1. The van der Waals surface area contributed by atoms with Crippen LogP contribution < -0.4 is 50.0 Å². The van der Waals surface area contributed by atoms with E-state index in [1.54, 1.807) is 30.3 Å². The summed E-state index contributed by atoms with van der Waals surface area (Å²) >= 11 is 0. The first-order chi connectivity index (χ1) is 23.3. The van der Waals surface area contributed by atoms with Gasteiger partial charge in [-0.15, -0.1) is 0 Å². The third kappa shape index (κ3) is 10.5. The quantitative estimate of drug-likeness (QED) is 0.116. The molecule has 0 aliphatic carbocycles. The molecule has 0 unspecified atom stereocenters. The number of carbonyl (C=O) groups excluding carboxylic acids is 1. The summed E-state index contributed by atoms with van der Waals surface area (Å²) in [4.78, 5) is 31.8. The standard InChI is InChI=1S/C19H20BNO6.C13H10BNO5.CH4O.B.Na.H/c1-18(2)19(3,4)27-20(26-18)17-11-16(8-5-13(17)12-22)25-15-9-6-14(7-10-15)21(23)24;16-14-13-7-12(4-1-9(13)8-19-14)20-11-5-2-10(3-6-11)15(17)18;1-2;;;/h5-12H,1-4H3;1-7,16H,8H2;2H,1H3;;;/q;;;;+1;-1. The number of aldehydes is 1. The van der Waals surface area contributed by atoms with Gasteiger partial charge in [-0.25, -0.2) is 0 Å². The van der Waals surface area contributed by atoms with Crippen molar-refractivity contribution in [2.45, 2.75) is 45.5 Å². The van der Waals surface area contributed by atoms with Gasteiger partial charge in [-0.3, -0.25) is 25.0 Å². The zero-order chi connectivity index (χ0) is 35.9. The summed E-state index contributed by atoms with van der Waals surface area (Å²) in [5, 5.41) is 37.9. The van der Waals surface area contributed by atoms with E-state index < -0.39 is 35.3 Å². The zero-order valence-corrected chi connectivity index (χ0v) is 31.0. The molecule has 4 aromatic carbocycles. The van der Waals surface area contributed by atoms with E-state index in [2.05, 4.69) is 0 Å². The molecule has 2 N–H and O–H groups in total. The summed E-state index contributed by atoms with van der Waals surface area (Å²) in [6, 6.07) is 21.8. The average molecular weight is 707 g/mol. The van der Waals surface area contributed by atoms with E-state index in [4.69, 9.17) is 28.5 Å². The summed E-state index contributed by atoms with van der Waals surface area (Å²) in [6.45, 7) is 8.12. The predicted molar refractivity (Wildman–Crippen MR) is 188 cm³/mol. The minimum Gasteiger partial charge on any atom is -1.00 e. The van der Waals surface area contributed by atoms with E-state index in [9.17, 15) is 30.0 Å². The number of nitro groups is 2. The topological polar surface area (TPSA) is 190 Å². The van der Waals surface area contributed by atoms with E-state index in [1.807, 2.05) is 33.8 Å². The first-order valence-corrected chi connectivity index (χ1v) is 14.9. The van der Waals surface area contributed by atoms with Gasteiger partial charge in [0.05, 0.1) is 27.7 Å². The number of hydrogen-bond acceptors (Lipinski definition) is 12. The molecule has 2 heterocycles. The van der Waals surface area contributed by atoms with E-state index in [0.717, 1.165) is 19.0 Å². The molecule has 2 aliphatic heterocycles. The average Bonchev–Trinajstić information content (AvgIpc) is 3.56. The van der Waals surface area contributed by atoms with E-state index in [1.165, 1.54) is 48.5 Å². The Morgan fingerprint density at radius 3 is 1.59 bits per heavy atom. The van der Waals surface area contributed by atoms with Crippen molar-refractivity contribution in [1.82, 2.24) is 0 Å². The van der Waals surface area contributed by atoms with Gasteiger partial charge in [0.1, 0.15) is 29.3 Å². The first-order valence-electron chi connectivity index (χ1n) is 14.9. The zero-order valence-electron chi connectivity index (χ0n) is 30.0. The number of hydrogen-bond donors (Lipinski definition) is 2. The van der Waals surface area contributed by atoms with Crippen molar-refractivity contribution in [2.75, 3.05) is 7.11 Å². The number of fused-ring (bicyclic) bond motifs is 1. The second-order valence-corrected chi connectivity index (χ2v) is 11.7. The van der Waals surface area contributed by atoms with Gasteiger partial charge in [-0.2, -0.15) is 0 Å². The van der Waals surface area contributed by atoms with Gasteiger partial charge < -0.3 is 35.0 Å². The molecule has 0 bridgehead atoms. The Balaban J connectivity index is 0.000000486. The summed E-state index contributed by atoms with van der Waals surface area (Å²) < 4.78 is 28.5. The number of rotatable bonds is 8. The van der Waals surface area contributed by atoms with Crippen LogP contribution in [0.5, 0.6) is 23.0 Å². The minimum atomic E-state index is -0.926. The maximum atomic E-state index is 11.5. The van der Waals surface area contributed by atoms with Gasteiger partial charge >= 0.3 is 43.8 Å². The van der Waals surface area contributed by atoms with Crippen molar-refractivity contribution in [3.8, 4) is 23.0 Å². The van der Waals surface area contributed by atoms with Crippen LogP contribution in [0.2, 0.25) is 0 Å². The van der Waals surface area contributed by atoms with Crippen LogP contribution in [-0.4, -0.2) is 67.2 Å². The SMILES string of the molecule is CC1(C)OB(c2cc(Oc3ccc([N+](=O)[O-])cc3)ccc2C=O)OC1(C)C.CO.O=[N+]([O-])c1ccc(Oc2ccc3c(c2)B(O)OC3)cc1.[B].[H-].[Na+]. The Hall–Kier alpha value is -4.06. The molecule has 1 saturated heterocycles. The number of carbonyl (C=O) groups is 1. The van der Waals surface area contributed by atoms with Gasteiger partial charge in [0.25, 0.3) is 11.4 Å². The molecule has 1 fully saturated rings. The maximum absolute atomic E-state index is 11.5. The number of nitrogens with zero attached hydrogens (tertiary/aromatic N) is 2. The fraction of sp³-hybridized carbons (Fsp3) is 0.242. The molecule has 0 aromatic heterocycles. The third-order valence-corrected chi connectivity index (χ3v) is 8.04. The normalized spacial score (nSPS) is 14.6. The molecule has 0 saturated carbocycles.